The number of nitrogens with zero attached hydrogens (tertiary/aromatic N) is 4. The summed E-state index contributed by atoms with van der Waals surface area (Å²) in [5, 5.41) is 0. The van der Waals surface area contributed by atoms with E-state index in [9.17, 15) is 4.79 Å². The Labute approximate surface area is 164 Å². The van der Waals surface area contributed by atoms with Gasteiger partial charge in [-0.3, -0.25) is 4.90 Å². The molecule has 3 aliphatic heterocycles. The highest BCUT2D eigenvalue weighted by atomic mass is 16.6. The Hall–Kier alpha value is -0.850. The molecule has 6 nitrogen and oxygen atoms in total. The van der Waals surface area contributed by atoms with Crippen LogP contribution < -0.4 is 0 Å². The summed E-state index contributed by atoms with van der Waals surface area (Å²) in [7, 11) is 0. The second-order valence-corrected chi connectivity index (χ2v) is 9.20. The maximum atomic E-state index is 12.4. The largest absolute Gasteiger partial charge is 0.441 e. The highest BCUT2D eigenvalue weighted by Gasteiger charge is 2.46. The van der Waals surface area contributed by atoms with Crippen LogP contribution in [0.15, 0.2) is 0 Å². The molecule has 1 aliphatic carbocycles. The van der Waals surface area contributed by atoms with Crippen molar-refractivity contribution in [1.82, 2.24) is 19.6 Å². The normalized spacial score (nSPS) is 28.3. The zero-order valence-corrected chi connectivity index (χ0v) is 17.2. The maximum Gasteiger partial charge on any atom is 0.410 e. The van der Waals surface area contributed by atoms with Crippen molar-refractivity contribution in [2.75, 3.05) is 72.0 Å². The third-order valence-corrected chi connectivity index (χ3v) is 7.40. The highest BCUT2D eigenvalue weighted by molar-refractivity contribution is 5.70. The molecule has 6 heteroatoms. The van der Waals surface area contributed by atoms with E-state index in [1.165, 1.54) is 32.2 Å². The van der Waals surface area contributed by atoms with Crippen LogP contribution in [-0.2, 0) is 4.74 Å². The molecule has 0 unspecified atom stereocenters. The van der Waals surface area contributed by atoms with E-state index in [2.05, 4.69) is 21.6 Å². The minimum atomic E-state index is -0.204. The lowest BCUT2D eigenvalue weighted by Gasteiger charge is -2.38. The van der Waals surface area contributed by atoms with Crippen LogP contribution >= 0.6 is 0 Å². The first kappa shape index (κ1) is 19.5. The van der Waals surface area contributed by atoms with Gasteiger partial charge in [0, 0.05) is 71.7 Å². The van der Waals surface area contributed by atoms with Gasteiger partial charge < -0.3 is 19.4 Å². The molecule has 27 heavy (non-hydrogen) atoms. The number of carbonyl (C=O) groups is 1. The molecular formula is C21H38N4O2. The summed E-state index contributed by atoms with van der Waals surface area (Å²) in [5.74, 6) is 0.912. The monoisotopic (exact) mass is 378 g/mol. The van der Waals surface area contributed by atoms with E-state index < -0.39 is 0 Å². The van der Waals surface area contributed by atoms with E-state index in [0.29, 0.717) is 0 Å². The summed E-state index contributed by atoms with van der Waals surface area (Å²) in [6, 6.07) is 0. The predicted octanol–water partition coefficient (Wildman–Crippen LogP) is 2.10. The molecule has 1 saturated carbocycles. The molecule has 1 spiro atoms. The number of piperidine rings is 1. The maximum absolute atomic E-state index is 12.4. The number of hydrogen-bond donors (Lipinski definition) is 0. The number of hydrogen-bond acceptors (Lipinski definition) is 5. The second-order valence-electron chi connectivity index (χ2n) is 9.20. The molecule has 4 rings (SSSR count). The van der Waals surface area contributed by atoms with Gasteiger partial charge >= 0.3 is 6.09 Å². The van der Waals surface area contributed by atoms with Crippen LogP contribution in [0.2, 0.25) is 0 Å². The summed E-state index contributed by atoms with van der Waals surface area (Å²) in [6.07, 6.45) is 7.61. The van der Waals surface area contributed by atoms with E-state index in [-0.39, 0.29) is 11.7 Å². The first-order valence-electron chi connectivity index (χ1n) is 11.3. The quantitative estimate of drug-likeness (QED) is 0.708. The van der Waals surface area contributed by atoms with Crippen LogP contribution in [0.4, 0.5) is 4.79 Å². The number of ether oxygens (including phenoxy) is 1. The summed E-state index contributed by atoms with van der Waals surface area (Å²) >= 11 is 0. The van der Waals surface area contributed by atoms with Crippen LogP contribution in [-0.4, -0.2) is 103 Å². The van der Waals surface area contributed by atoms with Gasteiger partial charge in [0.2, 0.25) is 0 Å². The third kappa shape index (κ3) is 4.77. The van der Waals surface area contributed by atoms with E-state index >= 15 is 0 Å². The number of likely N-dealkylation sites (N-methyl/N-ethyl adjacent to an activating group) is 1. The Balaban J connectivity index is 1.20. The molecule has 3 saturated heterocycles. The zero-order chi connectivity index (χ0) is 18.7. The Morgan fingerprint density at radius 1 is 0.926 bits per heavy atom. The van der Waals surface area contributed by atoms with Gasteiger partial charge in [-0.1, -0.05) is 19.8 Å². The number of piperazine rings is 1. The van der Waals surface area contributed by atoms with E-state index in [4.69, 9.17) is 4.74 Å². The van der Waals surface area contributed by atoms with Crippen LogP contribution in [0.1, 0.15) is 45.4 Å². The predicted molar refractivity (Wildman–Crippen MR) is 107 cm³/mol. The first-order valence-corrected chi connectivity index (χ1v) is 11.3. The third-order valence-electron chi connectivity index (χ3n) is 7.40. The molecule has 0 aromatic heterocycles. The lowest BCUT2D eigenvalue weighted by atomic mass is 9.90. The van der Waals surface area contributed by atoms with Crippen molar-refractivity contribution in [3.8, 4) is 0 Å². The molecule has 0 atom stereocenters. The van der Waals surface area contributed by atoms with Gasteiger partial charge in [-0.15, -0.1) is 0 Å². The first-order chi connectivity index (χ1) is 13.2. The molecule has 0 N–H and O–H groups in total. The van der Waals surface area contributed by atoms with Crippen LogP contribution in [0.25, 0.3) is 0 Å². The SMILES string of the molecule is CCN1CCN(CCN2CC3(CCN(CC4CCCC4)CC3)OC2=O)CC1. The van der Waals surface area contributed by atoms with Gasteiger partial charge in [0.05, 0.1) is 6.54 Å². The van der Waals surface area contributed by atoms with E-state index in [0.717, 1.165) is 84.2 Å². The minimum Gasteiger partial charge on any atom is -0.441 e. The van der Waals surface area contributed by atoms with Crippen LogP contribution in [0.3, 0.4) is 0 Å². The fraction of sp³-hybridized carbons (Fsp3) is 0.952. The number of carbonyl (C=O) groups excluding carboxylic acids is 1. The fourth-order valence-electron chi connectivity index (χ4n) is 5.42. The molecule has 0 bridgehead atoms. The lowest BCUT2D eigenvalue weighted by Crippen LogP contribution is -2.49. The summed E-state index contributed by atoms with van der Waals surface area (Å²) < 4.78 is 5.93. The standard InChI is InChI=1S/C21H38N4O2/c1-2-22-11-13-23(14-12-22)15-16-25-18-21(27-20(25)26)7-9-24(10-8-21)17-19-5-3-4-6-19/h19H,2-18H2,1H3. The van der Waals surface area contributed by atoms with Crippen molar-refractivity contribution in [2.24, 2.45) is 5.92 Å². The Kier molecular flexibility index (Phi) is 6.25. The lowest BCUT2D eigenvalue weighted by molar-refractivity contribution is -0.00248. The van der Waals surface area contributed by atoms with Crippen LogP contribution in [0.5, 0.6) is 0 Å². The van der Waals surface area contributed by atoms with Crippen LogP contribution in [0, 0.1) is 5.92 Å². The zero-order valence-electron chi connectivity index (χ0n) is 17.2. The number of rotatable bonds is 6. The highest BCUT2D eigenvalue weighted by Crippen LogP contribution is 2.34. The molecule has 0 aromatic rings. The number of likely N-dealkylation sites (tertiary alicyclic amines) is 1. The molecular weight excluding hydrogens is 340 g/mol. The molecule has 1 amide bonds. The average Bonchev–Trinajstić information content (AvgIpc) is 3.30. The molecule has 0 radical (unpaired) electrons. The van der Waals surface area contributed by atoms with Crippen molar-refractivity contribution < 1.29 is 9.53 Å². The van der Waals surface area contributed by atoms with Crippen molar-refractivity contribution >= 4 is 6.09 Å². The molecule has 4 aliphatic rings. The van der Waals surface area contributed by atoms with E-state index in [1.54, 1.807) is 0 Å². The molecule has 4 fully saturated rings. The summed E-state index contributed by atoms with van der Waals surface area (Å²) in [4.78, 5) is 22.0. The smallest absolute Gasteiger partial charge is 0.410 e. The topological polar surface area (TPSA) is 39.3 Å². The van der Waals surface area contributed by atoms with Gasteiger partial charge in [0.25, 0.3) is 0 Å². The fourth-order valence-corrected chi connectivity index (χ4v) is 5.42. The second kappa shape index (κ2) is 8.66. The van der Waals surface area contributed by atoms with Crippen molar-refractivity contribution in [3.63, 3.8) is 0 Å². The number of amides is 1. The van der Waals surface area contributed by atoms with Crippen molar-refractivity contribution in [2.45, 2.75) is 51.0 Å². The summed E-state index contributed by atoms with van der Waals surface area (Å²) in [5.41, 5.74) is -0.204. The van der Waals surface area contributed by atoms with Crippen molar-refractivity contribution in [1.29, 1.82) is 0 Å². The van der Waals surface area contributed by atoms with Gasteiger partial charge in [-0.2, -0.15) is 0 Å². The Morgan fingerprint density at radius 3 is 2.26 bits per heavy atom. The Bertz CT molecular complexity index is 492. The van der Waals surface area contributed by atoms with E-state index in [1.807, 2.05) is 4.90 Å². The Morgan fingerprint density at radius 2 is 1.59 bits per heavy atom. The molecule has 3 heterocycles. The molecule has 154 valence electrons. The van der Waals surface area contributed by atoms with Crippen molar-refractivity contribution in [3.05, 3.63) is 0 Å². The summed E-state index contributed by atoms with van der Waals surface area (Å²) in [6.45, 7) is 14.0. The van der Waals surface area contributed by atoms with Gasteiger partial charge in [-0.25, -0.2) is 4.79 Å². The average molecular weight is 379 g/mol. The minimum absolute atomic E-state index is 0.0774. The molecule has 0 aromatic carbocycles. The van der Waals surface area contributed by atoms with Gasteiger partial charge in [0.15, 0.2) is 0 Å². The van der Waals surface area contributed by atoms with Gasteiger partial charge in [-0.05, 0) is 25.3 Å². The van der Waals surface area contributed by atoms with Gasteiger partial charge in [0.1, 0.15) is 5.60 Å².